The van der Waals surface area contributed by atoms with Crippen LogP contribution < -0.4 is 0 Å². The Morgan fingerprint density at radius 2 is 2.00 bits per heavy atom. The summed E-state index contributed by atoms with van der Waals surface area (Å²) in [6.45, 7) is 3.24. The molecule has 0 radical (unpaired) electrons. The molecular formula is C13H20N2O5. The number of aliphatic carboxylic acids is 1. The number of carbonyl (C=O) groups is 3. The van der Waals surface area contributed by atoms with E-state index in [4.69, 9.17) is 9.84 Å². The summed E-state index contributed by atoms with van der Waals surface area (Å²) in [5.74, 6) is -1.56. The number of hydrogen-bond donors (Lipinski definition) is 1. The monoisotopic (exact) mass is 284 g/mol. The van der Waals surface area contributed by atoms with Crippen molar-refractivity contribution < 1.29 is 24.2 Å². The Morgan fingerprint density at radius 1 is 1.25 bits per heavy atom. The number of hydrogen-bond acceptors (Lipinski definition) is 4. The summed E-state index contributed by atoms with van der Waals surface area (Å²) >= 11 is 0. The second-order valence-corrected chi connectivity index (χ2v) is 5.26. The highest BCUT2D eigenvalue weighted by atomic mass is 16.5. The molecule has 2 fully saturated rings. The summed E-state index contributed by atoms with van der Waals surface area (Å²) in [6, 6.07) is -0.913. The number of carboxylic acid groups (broad SMARTS) is 1. The Kier molecular flexibility index (Phi) is 4.59. The van der Waals surface area contributed by atoms with Crippen molar-refractivity contribution >= 4 is 17.8 Å². The molecule has 0 saturated carbocycles. The van der Waals surface area contributed by atoms with Gasteiger partial charge in [0.05, 0.1) is 19.1 Å². The van der Waals surface area contributed by atoms with E-state index in [0.29, 0.717) is 32.7 Å². The molecule has 1 N–H and O–H groups in total. The van der Waals surface area contributed by atoms with Crippen LogP contribution >= 0.6 is 0 Å². The fourth-order valence-electron chi connectivity index (χ4n) is 2.77. The fourth-order valence-corrected chi connectivity index (χ4v) is 2.77. The molecule has 2 aliphatic rings. The molecule has 0 aliphatic carbocycles. The number of ether oxygens (including phenoxy) is 1. The fraction of sp³-hybridized carbons (Fsp3) is 0.769. The van der Waals surface area contributed by atoms with Gasteiger partial charge < -0.3 is 19.6 Å². The lowest BCUT2D eigenvalue weighted by Crippen LogP contribution is -2.56. The highest BCUT2D eigenvalue weighted by Crippen LogP contribution is 2.21. The van der Waals surface area contributed by atoms with Gasteiger partial charge in [0.25, 0.3) is 0 Å². The van der Waals surface area contributed by atoms with Crippen LogP contribution in [-0.2, 0) is 19.1 Å². The van der Waals surface area contributed by atoms with Crippen LogP contribution in [0.3, 0.4) is 0 Å². The molecule has 0 aromatic rings. The molecule has 7 heteroatoms. The molecule has 0 bridgehead atoms. The first-order valence-corrected chi connectivity index (χ1v) is 6.87. The quantitative estimate of drug-likeness (QED) is 0.742. The Hall–Kier alpha value is -1.63. The average Bonchev–Trinajstić information content (AvgIpc) is 2.46. The molecule has 2 rings (SSSR count). The van der Waals surface area contributed by atoms with Crippen LogP contribution in [0.4, 0.5) is 0 Å². The van der Waals surface area contributed by atoms with Crippen molar-refractivity contribution in [3.05, 3.63) is 0 Å². The van der Waals surface area contributed by atoms with E-state index in [1.165, 1.54) is 11.8 Å². The van der Waals surface area contributed by atoms with Gasteiger partial charge in [0.2, 0.25) is 11.8 Å². The summed E-state index contributed by atoms with van der Waals surface area (Å²) in [4.78, 5) is 38.1. The molecule has 0 spiro atoms. The van der Waals surface area contributed by atoms with Crippen LogP contribution in [0.25, 0.3) is 0 Å². The molecule has 2 heterocycles. The van der Waals surface area contributed by atoms with Crippen LogP contribution in [0.1, 0.15) is 19.8 Å². The van der Waals surface area contributed by atoms with Crippen molar-refractivity contribution in [2.45, 2.75) is 25.8 Å². The van der Waals surface area contributed by atoms with Crippen molar-refractivity contribution in [2.24, 2.45) is 5.92 Å². The largest absolute Gasteiger partial charge is 0.480 e. The zero-order chi connectivity index (χ0) is 14.7. The first-order valence-electron chi connectivity index (χ1n) is 6.87. The van der Waals surface area contributed by atoms with Gasteiger partial charge in [-0.25, -0.2) is 4.79 Å². The van der Waals surface area contributed by atoms with Gasteiger partial charge >= 0.3 is 5.97 Å². The van der Waals surface area contributed by atoms with Crippen LogP contribution in [0.15, 0.2) is 0 Å². The highest BCUT2D eigenvalue weighted by Gasteiger charge is 2.37. The normalized spacial score (nSPS) is 27.2. The second-order valence-electron chi connectivity index (χ2n) is 5.26. The van der Waals surface area contributed by atoms with E-state index in [1.54, 1.807) is 4.90 Å². The lowest BCUT2D eigenvalue weighted by molar-refractivity contribution is -0.161. The maximum Gasteiger partial charge on any atom is 0.328 e. The van der Waals surface area contributed by atoms with Crippen molar-refractivity contribution in [3.63, 3.8) is 0 Å². The van der Waals surface area contributed by atoms with Crippen molar-refractivity contribution in [3.8, 4) is 0 Å². The minimum absolute atomic E-state index is 0.0320. The molecule has 0 aromatic carbocycles. The van der Waals surface area contributed by atoms with Crippen LogP contribution in [0.5, 0.6) is 0 Å². The van der Waals surface area contributed by atoms with Gasteiger partial charge in [-0.1, -0.05) is 0 Å². The molecule has 2 aliphatic heterocycles. The van der Waals surface area contributed by atoms with E-state index in [-0.39, 0.29) is 24.3 Å². The number of morpholine rings is 1. The topological polar surface area (TPSA) is 87.2 Å². The lowest BCUT2D eigenvalue weighted by atomic mass is 9.95. The zero-order valence-electron chi connectivity index (χ0n) is 11.6. The minimum atomic E-state index is -1.04. The number of likely N-dealkylation sites (tertiary alicyclic amines) is 1. The number of rotatable bonds is 2. The summed E-state index contributed by atoms with van der Waals surface area (Å²) < 4.78 is 5.13. The van der Waals surface area contributed by atoms with Crippen LogP contribution in [0.2, 0.25) is 0 Å². The number of piperidine rings is 1. The minimum Gasteiger partial charge on any atom is -0.480 e. The van der Waals surface area contributed by atoms with Gasteiger partial charge in [0.15, 0.2) is 6.04 Å². The maximum absolute atomic E-state index is 12.5. The van der Waals surface area contributed by atoms with Gasteiger partial charge in [-0.3, -0.25) is 9.59 Å². The molecule has 2 saturated heterocycles. The first-order chi connectivity index (χ1) is 9.50. The molecule has 0 aromatic heterocycles. The second kappa shape index (κ2) is 6.21. The van der Waals surface area contributed by atoms with Gasteiger partial charge in [-0.2, -0.15) is 0 Å². The van der Waals surface area contributed by atoms with E-state index in [2.05, 4.69) is 0 Å². The first kappa shape index (κ1) is 14.8. The number of amides is 2. The molecule has 20 heavy (non-hydrogen) atoms. The Balaban J connectivity index is 2.05. The van der Waals surface area contributed by atoms with Gasteiger partial charge in [0.1, 0.15) is 0 Å². The summed E-state index contributed by atoms with van der Waals surface area (Å²) in [7, 11) is 0. The van der Waals surface area contributed by atoms with Crippen LogP contribution in [0, 0.1) is 5.92 Å². The molecule has 2 atom stereocenters. The van der Waals surface area contributed by atoms with Crippen molar-refractivity contribution in [1.82, 2.24) is 9.80 Å². The highest BCUT2D eigenvalue weighted by molar-refractivity contribution is 5.86. The predicted octanol–water partition coefficient (Wildman–Crippen LogP) is -0.443. The van der Waals surface area contributed by atoms with Crippen molar-refractivity contribution in [1.29, 1.82) is 0 Å². The van der Waals surface area contributed by atoms with E-state index in [0.717, 1.165) is 6.42 Å². The SMILES string of the molecule is CC(=O)N1CCCC(C(=O)N2CCOCC2C(=O)O)C1. The molecule has 112 valence electrons. The van der Waals surface area contributed by atoms with Crippen molar-refractivity contribution in [2.75, 3.05) is 32.8 Å². The third kappa shape index (κ3) is 3.09. The zero-order valence-corrected chi connectivity index (χ0v) is 11.6. The number of carboxylic acids is 1. The number of nitrogens with zero attached hydrogens (tertiary/aromatic N) is 2. The Morgan fingerprint density at radius 3 is 2.65 bits per heavy atom. The Labute approximate surface area is 117 Å². The predicted molar refractivity (Wildman–Crippen MR) is 68.9 cm³/mol. The summed E-state index contributed by atoms with van der Waals surface area (Å²) in [6.07, 6.45) is 1.48. The van der Waals surface area contributed by atoms with E-state index in [9.17, 15) is 14.4 Å². The lowest BCUT2D eigenvalue weighted by Gasteiger charge is -2.38. The summed E-state index contributed by atoms with van der Waals surface area (Å²) in [5, 5.41) is 9.16. The number of carbonyl (C=O) groups excluding carboxylic acids is 2. The third-order valence-electron chi connectivity index (χ3n) is 3.91. The van der Waals surface area contributed by atoms with Gasteiger partial charge in [-0.15, -0.1) is 0 Å². The van der Waals surface area contributed by atoms with E-state index >= 15 is 0 Å². The molecular weight excluding hydrogens is 264 g/mol. The van der Waals surface area contributed by atoms with Gasteiger partial charge in [0, 0.05) is 26.6 Å². The summed E-state index contributed by atoms with van der Waals surface area (Å²) in [5.41, 5.74) is 0. The average molecular weight is 284 g/mol. The van der Waals surface area contributed by atoms with E-state index < -0.39 is 12.0 Å². The molecule has 7 nitrogen and oxygen atoms in total. The smallest absolute Gasteiger partial charge is 0.328 e. The molecule has 2 unspecified atom stereocenters. The molecule has 2 amide bonds. The Bertz CT molecular complexity index is 412. The van der Waals surface area contributed by atoms with Crippen LogP contribution in [-0.4, -0.2) is 71.6 Å². The standard InChI is InChI=1S/C13H20N2O5/c1-9(16)14-4-2-3-10(7-14)12(17)15-5-6-20-8-11(15)13(18)19/h10-11H,2-8H2,1H3,(H,18,19). The van der Waals surface area contributed by atoms with E-state index in [1.807, 2.05) is 0 Å². The third-order valence-corrected chi connectivity index (χ3v) is 3.91. The maximum atomic E-state index is 12.5. The van der Waals surface area contributed by atoms with Gasteiger partial charge in [-0.05, 0) is 12.8 Å².